The molecule has 0 radical (unpaired) electrons. The number of hydrogen-bond donors (Lipinski definition) is 2. The number of aliphatic carboxylic acids is 1. The van der Waals surface area contributed by atoms with Gasteiger partial charge in [0.15, 0.2) is 0 Å². The standard InChI is InChI=1S/C7H12O3/c8-6-3-1-2-5(4-6)7(9)10/h5-6,8H,1-4H2,(H,9,10)/t5?,6-/m0/s1. The van der Waals surface area contributed by atoms with E-state index in [9.17, 15) is 4.79 Å². The third-order valence-electron chi connectivity index (χ3n) is 2.00. The Bertz CT molecular complexity index is 133. The lowest BCUT2D eigenvalue weighted by molar-refractivity contribution is -0.144. The van der Waals surface area contributed by atoms with Gasteiger partial charge in [-0.05, 0) is 19.3 Å². The first-order valence-corrected chi connectivity index (χ1v) is 3.61. The number of rotatable bonds is 1. The molecule has 0 aromatic heterocycles. The van der Waals surface area contributed by atoms with Gasteiger partial charge >= 0.3 is 5.97 Å². The summed E-state index contributed by atoms with van der Waals surface area (Å²) in [5.41, 5.74) is 0. The highest BCUT2D eigenvalue weighted by Gasteiger charge is 2.25. The molecule has 1 unspecified atom stereocenters. The largest absolute Gasteiger partial charge is 0.481 e. The highest BCUT2D eigenvalue weighted by Crippen LogP contribution is 2.23. The van der Waals surface area contributed by atoms with Gasteiger partial charge in [0.1, 0.15) is 0 Å². The zero-order valence-electron chi connectivity index (χ0n) is 5.79. The molecule has 1 fully saturated rings. The van der Waals surface area contributed by atoms with Gasteiger partial charge in [-0.15, -0.1) is 0 Å². The zero-order chi connectivity index (χ0) is 7.56. The summed E-state index contributed by atoms with van der Waals surface area (Å²) < 4.78 is 0. The maximum Gasteiger partial charge on any atom is 0.306 e. The Kier molecular flexibility index (Phi) is 2.27. The Morgan fingerprint density at radius 3 is 2.50 bits per heavy atom. The second kappa shape index (κ2) is 3.01. The summed E-state index contributed by atoms with van der Waals surface area (Å²) in [5, 5.41) is 17.6. The minimum absolute atomic E-state index is 0.302. The molecule has 1 rings (SSSR count). The lowest BCUT2D eigenvalue weighted by Crippen LogP contribution is -2.25. The number of aliphatic hydroxyl groups is 1. The van der Waals surface area contributed by atoms with Crippen LogP contribution in [0, 0.1) is 5.92 Å². The Hall–Kier alpha value is -0.570. The van der Waals surface area contributed by atoms with Crippen LogP contribution in [0.4, 0.5) is 0 Å². The Balaban J connectivity index is 2.39. The number of aliphatic hydroxyl groups excluding tert-OH is 1. The average molecular weight is 144 g/mol. The van der Waals surface area contributed by atoms with Crippen molar-refractivity contribution < 1.29 is 15.0 Å². The van der Waals surface area contributed by atoms with Crippen molar-refractivity contribution in [1.29, 1.82) is 0 Å². The van der Waals surface area contributed by atoms with E-state index in [2.05, 4.69) is 0 Å². The molecule has 58 valence electrons. The SMILES string of the molecule is O=C(O)C1CCC[C@H](O)C1. The molecular weight excluding hydrogens is 132 g/mol. The van der Waals surface area contributed by atoms with E-state index < -0.39 is 5.97 Å². The molecule has 2 N–H and O–H groups in total. The molecule has 0 saturated heterocycles. The van der Waals surface area contributed by atoms with Crippen molar-refractivity contribution in [3.63, 3.8) is 0 Å². The number of carbonyl (C=O) groups is 1. The fraction of sp³-hybridized carbons (Fsp3) is 0.857. The van der Waals surface area contributed by atoms with Crippen LogP contribution in [0.1, 0.15) is 25.7 Å². The number of carboxylic acid groups (broad SMARTS) is 1. The smallest absolute Gasteiger partial charge is 0.306 e. The van der Waals surface area contributed by atoms with Crippen molar-refractivity contribution in [2.75, 3.05) is 0 Å². The molecule has 0 bridgehead atoms. The number of hydrogen-bond acceptors (Lipinski definition) is 2. The van der Waals surface area contributed by atoms with Crippen molar-refractivity contribution in [3.05, 3.63) is 0 Å². The van der Waals surface area contributed by atoms with Gasteiger partial charge in [-0.1, -0.05) is 6.42 Å². The number of carboxylic acids is 1. The predicted octanol–water partition coefficient (Wildman–Crippen LogP) is 0.622. The van der Waals surface area contributed by atoms with Gasteiger partial charge in [0.25, 0.3) is 0 Å². The molecule has 1 aliphatic rings. The van der Waals surface area contributed by atoms with E-state index in [1.807, 2.05) is 0 Å². The summed E-state index contributed by atoms with van der Waals surface area (Å²) in [6.45, 7) is 0. The van der Waals surface area contributed by atoms with Crippen LogP contribution in [-0.4, -0.2) is 22.3 Å². The molecule has 3 nitrogen and oxygen atoms in total. The third kappa shape index (κ3) is 1.70. The van der Waals surface area contributed by atoms with Gasteiger partial charge in [0.05, 0.1) is 12.0 Å². The van der Waals surface area contributed by atoms with Crippen molar-refractivity contribution in [2.24, 2.45) is 5.92 Å². The molecule has 0 heterocycles. The zero-order valence-corrected chi connectivity index (χ0v) is 5.79. The highest BCUT2D eigenvalue weighted by molar-refractivity contribution is 5.70. The summed E-state index contributed by atoms with van der Waals surface area (Å²) >= 11 is 0. The fourth-order valence-corrected chi connectivity index (χ4v) is 1.39. The Morgan fingerprint density at radius 2 is 2.10 bits per heavy atom. The van der Waals surface area contributed by atoms with Crippen LogP contribution in [0.5, 0.6) is 0 Å². The van der Waals surface area contributed by atoms with E-state index in [4.69, 9.17) is 10.2 Å². The molecule has 3 heteroatoms. The summed E-state index contributed by atoms with van der Waals surface area (Å²) in [7, 11) is 0. The van der Waals surface area contributed by atoms with Gasteiger partial charge in [-0.25, -0.2) is 0 Å². The van der Waals surface area contributed by atoms with E-state index in [-0.39, 0.29) is 12.0 Å². The first kappa shape index (κ1) is 7.54. The van der Waals surface area contributed by atoms with Gasteiger partial charge in [-0.3, -0.25) is 4.79 Å². The molecule has 0 aromatic rings. The second-order valence-electron chi connectivity index (χ2n) is 2.86. The van der Waals surface area contributed by atoms with Gasteiger partial charge in [-0.2, -0.15) is 0 Å². The van der Waals surface area contributed by atoms with Crippen LogP contribution in [0.25, 0.3) is 0 Å². The summed E-state index contributed by atoms with van der Waals surface area (Å²) in [5.74, 6) is -1.07. The third-order valence-corrected chi connectivity index (χ3v) is 2.00. The van der Waals surface area contributed by atoms with Crippen LogP contribution >= 0.6 is 0 Å². The minimum Gasteiger partial charge on any atom is -0.481 e. The van der Waals surface area contributed by atoms with Crippen molar-refractivity contribution >= 4 is 5.97 Å². The molecule has 0 amide bonds. The highest BCUT2D eigenvalue weighted by atomic mass is 16.4. The van der Waals surface area contributed by atoms with Crippen LogP contribution in [0.3, 0.4) is 0 Å². The summed E-state index contributed by atoms with van der Waals surface area (Å²) in [6.07, 6.45) is 2.40. The van der Waals surface area contributed by atoms with Crippen LogP contribution in [-0.2, 0) is 4.79 Å². The molecular formula is C7H12O3. The molecule has 1 aliphatic carbocycles. The Labute approximate surface area is 59.7 Å². The van der Waals surface area contributed by atoms with Crippen LogP contribution < -0.4 is 0 Å². The quantitative estimate of drug-likeness (QED) is 0.567. The van der Waals surface area contributed by atoms with Crippen molar-refractivity contribution in [2.45, 2.75) is 31.8 Å². The topological polar surface area (TPSA) is 57.5 Å². The minimum atomic E-state index is -0.765. The van der Waals surface area contributed by atoms with E-state index in [0.29, 0.717) is 6.42 Å². The first-order valence-electron chi connectivity index (χ1n) is 3.61. The maximum atomic E-state index is 10.4. The predicted molar refractivity (Wildman–Crippen MR) is 35.6 cm³/mol. The molecule has 1 saturated carbocycles. The molecule has 0 aliphatic heterocycles. The molecule has 10 heavy (non-hydrogen) atoms. The van der Waals surface area contributed by atoms with Crippen molar-refractivity contribution in [3.8, 4) is 0 Å². The average Bonchev–Trinajstić information content (AvgIpc) is 1.88. The van der Waals surface area contributed by atoms with E-state index in [1.54, 1.807) is 0 Å². The van der Waals surface area contributed by atoms with Gasteiger partial charge < -0.3 is 10.2 Å². The monoisotopic (exact) mass is 144 g/mol. The molecule has 2 atom stereocenters. The van der Waals surface area contributed by atoms with Gasteiger partial charge in [0.2, 0.25) is 0 Å². The molecule has 0 aromatic carbocycles. The van der Waals surface area contributed by atoms with E-state index in [1.165, 1.54) is 0 Å². The summed E-state index contributed by atoms with van der Waals surface area (Å²) in [4.78, 5) is 10.4. The van der Waals surface area contributed by atoms with E-state index >= 15 is 0 Å². The van der Waals surface area contributed by atoms with Crippen molar-refractivity contribution in [1.82, 2.24) is 0 Å². The van der Waals surface area contributed by atoms with Gasteiger partial charge in [0, 0.05) is 0 Å². The first-order chi connectivity index (χ1) is 4.70. The maximum absolute atomic E-state index is 10.4. The van der Waals surface area contributed by atoms with Crippen LogP contribution in [0.15, 0.2) is 0 Å². The Morgan fingerprint density at radius 1 is 1.40 bits per heavy atom. The lowest BCUT2D eigenvalue weighted by Gasteiger charge is -2.21. The lowest BCUT2D eigenvalue weighted by atomic mass is 9.87. The van der Waals surface area contributed by atoms with Crippen LogP contribution in [0.2, 0.25) is 0 Å². The summed E-state index contributed by atoms with van der Waals surface area (Å²) in [6, 6.07) is 0. The second-order valence-corrected chi connectivity index (χ2v) is 2.86. The molecule has 0 spiro atoms. The van der Waals surface area contributed by atoms with E-state index in [0.717, 1.165) is 19.3 Å². The normalized spacial score (nSPS) is 33.7. The fourth-order valence-electron chi connectivity index (χ4n) is 1.39.